The third-order valence-corrected chi connectivity index (χ3v) is 6.90. The lowest BCUT2D eigenvalue weighted by atomic mass is 10.0. The summed E-state index contributed by atoms with van der Waals surface area (Å²) in [5.41, 5.74) is 0.987. The van der Waals surface area contributed by atoms with Crippen molar-refractivity contribution in [2.45, 2.75) is 17.7 Å². The summed E-state index contributed by atoms with van der Waals surface area (Å²) >= 11 is 0. The third kappa shape index (κ3) is 5.41. The molecule has 1 amide bonds. The second-order valence-corrected chi connectivity index (χ2v) is 9.13. The number of amides is 1. The monoisotopic (exact) mass is 419 g/mol. The molecule has 2 aromatic rings. The fourth-order valence-corrected chi connectivity index (χ4v) is 4.84. The van der Waals surface area contributed by atoms with E-state index in [4.69, 9.17) is 0 Å². The molecule has 0 radical (unpaired) electrons. The lowest BCUT2D eigenvalue weighted by molar-refractivity contribution is -0.132. The van der Waals surface area contributed by atoms with Gasteiger partial charge in [-0.2, -0.15) is 4.31 Å². The Morgan fingerprint density at radius 2 is 1.72 bits per heavy atom. The molecule has 1 fully saturated rings. The molecule has 0 aromatic heterocycles. The van der Waals surface area contributed by atoms with Crippen molar-refractivity contribution in [1.29, 1.82) is 0 Å². The van der Waals surface area contributed by atoms with Gasteiger partial charge in [0.1, 0.15) is 5.82 Å². The zero-order chi connectivity index (χ0) is 20.9. The number of piperazine rings is 1. The van der Waals surface area contributed by atoms with Gasteiger partial charge in [0.25, 0.3) is 0 Å². The van der Waals surface area contributed by atoms with Gasteiger partial charge in [0.05, 0.1) is 11.4 Å². The van der Waals surface area contributed by atoms with Gasteiger partial charge in [0.2, 0.25) is 15.9 Å². The highest BCUT2D eigenvalue weighted by Crippen LogP contribution is 2.22. The Balaban J connectivity index is 1.85. The number of sulfonamides is 1. The largest absolute Gasteiger partial charge is 0.339 e. The van der Waals surface area contributed by atoms with Crippen LogP contribution in [0.5, 0.6) is 0 Å². The van der Waals surface area contributed by atoms with Crippen LogP contribution in [0, 0.1) is 5.82 Å². The number of rotatable bonds is 7. The highest BCUT2D eigenvalue weighted by Gasteiger charge is 2.30. The average Bonchev–Trinajstić information content (AvgIpc) is 2.74. The highest BCUT2D eigenvalue weighted by atomic mass is 32.2. The molecule has 0 aliphatic carbocycles. The first-order valence-corrected chi connectivity index (χ1v) is 11.1. The van der Waals surface area contributed by atoms with E-state index >= 15 is 0 Å². The van der Waals surface area contributed by atoms with Crippen LogP contribution in [0.15, 0.2) is 59.5 Å². The van der Waals surface area contributed by atoms with Crippen LogP contribution in [-0.4, -0.2) is 62.8 Å². The number of benzene rings is 2. The van der Waals surface area contributed by atoms with Gasteiger partial charge in [-0.1, -0.05) is 37.3 Å². The Morgan fingerprint density at radius 3 is 2.34 bits per heavy atom. The van der Waals surface area contributed by atoms with Crippen molar-refractivity contribution < 1.29 is 17.6 Å². The lowest BCUT2D eigenvalue weighted by Crippen LogP contribution is -2.50. The summed E-state index contributed by atoms with van der Waals surface area (Å²) in [5, 5.41) is 3.18. The summed E-state index contributed by atoms with van der Waals surface area (Å²) in [4.78, 5) is 14.4. The predicted molar refractivity (Wildman–Crippen MR) is 109 cm³/mol. The molecule has 29 heavy (non-hydrogen) atoms. The molecular weight excluding hydrogens is 393 g/mol. The first-order chi connectivity index (χ1) is 13.9. The average molecular weight is 420 g/mol. The summed E-state index contributed by atoms with van der Waals surface area (Å²) in [5.74, 6) is -0.843. The van der Waals surface area contributed by atoms with Gasteiger partial charge in [-0.3, -0.25) is 4.79 Å². The SMILES string of the molecule is C[C@H](CN(CC(=O)N1CCNCC1)S(=O)(=O)c1ccc(F)cc1)c1ccccc1. The van der Waals surface area contributed by atoms with Gasteiger partial charge >= 0.3 is 0 Å². The summed E-state index contributed by atoms with van der Waals surface area (Å²) in [6.07, 6.45) is 0. The lowest BCUT2D eigenvalue weighted by Gasteiger charge is -2.31. The van der Waals surface area contributed by atoms with Crippen LogP contribution in [-0.2, 0) is 14.8 Å². The standard InChI is InChI=1S/C21H26FN3O3S/c1-17(18-5-3-2-4-6-18)15-25(16-21(26)24-13-11-23-12-14-24)29(27,28)20-9-7-19(22)8-10-20/h2-10,17,23H,11-16H2,1H3/t17-/m1/s1. The van der Waals surface area contributed by atoms with Crippen molar-refractivity contribution in [3.8, 4) is 0 Å². The molecule has 0 bridgehead atoms. The number of carbonyl (C=O) groups excluding carboxylic acids is 1. The van der Waals surface area contributed by atoms with Crippen LogP contribution in [0.1, 0.15) is 18.4 Å². The maximum absolute atomic E-state index is 13.3. The van der Waals surface area contributed by atoms with Gasteiger partial charge in [-0.05, 0) is 35.7 Å². The molecule has 1 heterocycles. The molecule has 6 nitrogen and oxygen atoms in total. The first-order valence-electron chi connectivity index (χ1n) is 9.67. The smallest absolute Gasteiger partial charge is 0.243 e. The van der Waals surface area contributed by atoms with Crippen molar-refractivity contribution in [1.82, 2.24) is 14.5 Å². The van der Waals surface area contributed by atoms with Gasteiger partial charge in [0.15, 0.2) is 0 Å². The van der Waals surface area contributed by atoms with E-state index in [1.165, 1.54) is 16.4 Å². The molecule has 1 aliphatic rings. The zero-order valence-corrected chi connectivity index (χ0v) is 17.2. The number of carbonyl (C=O) groups is 1. The van der Waals surface area contributed by atoms with E-state index in [0.717, 1.165) is 17.7 Å². The molecular formula is C21H26FN3O3S. The molecule has 1 N–H and O–H groups in total. The van der Waals surface area contributed by atoms with E-state index in [0.29, 0.717) is 26.2 Å². The molecule has 156 valence electrons. The Kier molecular flexibility index (Phi) is 7.00. The molecule has 2 aromatic carbocycles. The Hall–Kier alpha value is -2.29. The normalized spacial score (nSPS) is 16.0. The fraction of sp³-hybridized carbons (Fsp3) is 0.381. The molecule has 8 heteroatoms. The Labute approximate surface area is 171 Å². The minimum atomic E-state index is -3.95. The summed E-state index contributed by atoms with van der Waals surface area (Å²) in [6.45, 7) is 4.33. The molecule has 0 saturated carbocycles. The number of halogens is 1. The van der Waals surface area contributed by atoms with Crippen molar-refractivity contribution in [2.75, 3.05) is 39.3 Å². The van der Waals surface area contributed by atoms with Gasteiger partial charge in [0, 0.05) is 32.7 Å². The molecule has 0 spiro atoms. The fourth-order valence-electron chi connectivity index (χ4n) is 3.36. The third-order valence-electron chi connectivity index (χ3n) is 5.08. The van der Waals surface area contributed by atoms with Gasteiger partial charge in [-0.25, -0.2) is 12.8 Å². The van der Waals surface area contributed by atoms with Crippen molar-refractivity contribution in [3.63, 3.8) is 0 Å². The van der Waals surface area contributed by atoms with Crippen molar-refractivity contribution in [2.24, 2.45) is 0 Å². The number of hydrogen-bond acceptors (Lipinski definition) is 4. The molecule has 1 aliphatic heterocycles. The Morgan fingerprint density at radius 1 is 1.10 bits per heavy atom. The van der Waals surface area contributed by atoms with E-state index in [-0.39, 0.29) is 29.8 Å². The second-order valence-electron chi connectivity index (χ2n) is 7.19. The van der Waals surface area contributed by atoms with E-state index in [9.17, 15) is 17.6 Å². The minimum Gasteiger partial charge on any atom is -0.339 e. The van der Waals surface area contributed by atoms with Crippen LogP contribution in [0.4, 0.5) is 4.39 Å². The number of nitrogens with one attached hydrogen (secondary N) is 1. The minimum absolute atomic E-state index is 0.0210. The highest BCUT2D eigenvalue weighted by molar-refractivity contribution is 7.89. The van der Waals surface area contributed by atoms with Crippen LogP contribution < -0.4 is 5.32 Å². The van der Waals surface area contributed by atoms with Gasteiger partial charge in [-0.15, -0.1) is 0 Å². The van der Waals surface area contributed by atoms with E-state index < -0.39 is 15.8 Å². The van der Waals surface area contributed by atoms with E-state index in [1.807, 2.05) is 37.3 Å². The molecule has 3 rings (SSSR count). The summed E-state index contributed by atoms with van der Waals surface area (Å²) in [7, 11) is -3.95. The topological polar surface area (TPSA) is 69.7 Å². The first kappa shape index (κ1) is 21.4. The summed E-state index contributed by atoms with van der Waals surface area (Å²) < 4.78 is 41.0. The number of hydrogen-bond donors (Lipinski definition) is 1. The molecule has 1 saturated heterocycles. The van der Waals surface area contributed by atoms with Crippen LogP contribution >= 0.6 is 0 Å². The van der Waals surface area contributed by atoms with Gasteiger partial charge < -0.3 is 10.2 Å². The van der Waals surface area contributed by atoms with Crippen LogP contribution in [0.2, 0.25) is 0 Å². The Bertz CT molecular complexity index is 914. The van der Waals surface area contributed by atoms with Crippen molar-refractivity contribution in [3.05, 3.63) is 66.0 Å². The number of nitrogens with zero attached hydrogens (tertiary/aromatic N) is 2. The second kappa shape index (κ2) is 9.47. The molecule has 0 unspecified atom stereocenters. The van der Waals surface area contributed by atoms with Crippen LogP contribution in [0.3, 0.4) is 0 Å². The van der Waals surface area contributed by atoms with Crippen molar-refractivity contribution >= 4 is 15.9 Å². The predicted octanol–water partition coefficient (Wildman–Crippen LogP) is 2.05. The maximum atomic E-state index is 13.3. The summed E-state index contributed by atoms with van der Waals surface area (Å²) in [6, 6.07) is 14.3. The molecule has 1 atom stereocenters. The maximum Gasteiger partial charge on any atom is 0.243 e. The van der Waals surface area contributed by atoms with E-state index in [1.54, 1.807) is 4.90 Å². The van der Waals surface area contributed by atoms with E-state index in [2.05, 4.69) is 5.32 Å². The zero-order valence-electron chi connectivity index (χ0n) is 16.4. The quantitative estimate of drug-likeness (QED) is 0.746. The van der Waals surface area contributed by atoms with Crippen LogP contribution in [0.25, 0.3) is 0 Å².